The molecule has 0 unspecified atom stereocenters. The zero-order valence-electron chi connectivity index (χ0n) is 15.4. The van der Waals surface area contributed by atoms with Crippen LogP contribution in [0.15, 0.2) is 52.2 Å². The molecular formula is C19H18ClN5O3S. The van der Waals surface area contributed by atoms with Crippen molar-refractivity contribution in [3.63, 3.8) is 0 Å². The third-order valence-corrected chi connectivity index (χ3v) is 4.95. The summed E-state index contributed by atoms with van der Waals surface area (Å²) in [6.45, 7) is 1.96. The first-order valence-electron chi connectivity index (χ1n) is 8.65. The van der Waals surface area contributed by atoms with Gasteiger partial charge in [-0.15, -0.1) is 0 Å². The van der Waals surface area contributed by atoms with E-state index in [1.54, 1.807) is 18.2 Å². The number of rotatable bonds is 6. The van der Waals surface area contributed by atoms with E-state index in [2.05, 4.69) is 20.8 Å². The zero-order chi connectivity index (χ0) is 20.8. The van der Waals surface area contributed by atoms with Gasteiger partial charge in [0.1, 0.15) is 5.82 Å². The van der Waals surface area contributed by atoms with Crippen molar-refractivity contribution in [2.24, 2.45) is 0 Å². The Kier molecular flexibility index (Phi) is 6.73. The molecule has 0 aliphatic rings. The van der Waals surface area contributed by atoms with Gasteiger partial charge in [0.2, 0.25) is 5.91 Å². The van der Waals surface area contributed by atoms with Gasteiger partial charge in [0, 0.05) is 10.6 Å². The van der Waals surface area contributed by atoms with E-state index in [4.69, 9.17) is 21.8 Å². The molecule has 1 aromatic carbocycles. The molecule has 0 aliphatic heterocycles. The number of hydrazine groups is 1. The Morgan fingerprint density at radius 3 is 2.59 bits per heavy atom. The number of carbonyl (C=O) groups is 2. The lowest BCUT2D eigenvalue weighted by atomic mass is 10.0. The molecule has 29 heavy (non-hydrogen) atoms. The Bertz CT molecular complexity index is 1010. The highest BCUT2D eigenvalue weighted by atomic mass is 35.5. The maximum atomic E-state index is 12.0. The van der Waals surface area contributed by atoms with Gasteiger partial charge < -0.3 is 10.2 Å². The standard InChI is InChI=1S/C19H18ClN5O3S/c1-2-13-16(11-5-7-12(20)8-6-11)17(21)23-19(22-13)29-10-15(26)24-25-18(27)14-4-3-9-28-14/h3-9H,2,10H2,1H3,(H,24,26)(H,25,27)(H2,21,22,23). The number of nitrogens with two attached hydrogens (primary N) is 1. The summed E-state index contributed by atoms with van der Waals surface area (Å²) in [6, 6.07) is 10.3. The van der Waals surface area contributed by atoms with Gasteiger partial charge in [0.25, 0.3) is 0 Å². The summed E-state index contributed by atoms with van der Waals surface area (Å²) >= 11 is 7.07. The summed E-state index contributed by atoms with van der Waals surface area (Å²) in [5.74, 6) is -0.541. The van der Waals surface area contributed by atoms with E-state index in [1.807, 2.05) is 19.1 Å². The first-order valence-corrected chi connectivity index (χ1v) is 10.0. The Morgan fingerprint density at radius 2 is 1.93 bits per heavy atom. The summed E-state index contributed by atoms with van der Waals surface area (Å²) in [6.07, 6.45) is 2.01. The van der Waals surface area contributed by atoms with Gasteiger partial charge in [-0.3, -0.25) is 20.4 Å². The maximum absolute atomic E-state index is 12.0. The maximum Gasteiger partial charge on any atom is 0.305 e. The summed E-state index contributed by atoms with van der Waals surface area (Å²) in [5, 5.41) is 1.01. The fourth-order valence-electron chi connectivity index (χ4n) is 2.52. The Balaban J connectivity index is 1.64. The second-order valence-electron chi connectivity index (χ2n) is 5.84. The minimum atomic E-state index is -0.547. The van der Waals surface area contributed by atoms with Gasteiger partial charge >= 0.3 is 5.91 Å². The fraction of sp³-hybridized carbons (Fsp3) is 0.158. The van der Waals surface area contributed by atoms with Crippen molar-refractivity contribution in [1.29, 1.82) is 0 Å². The number of hydrogen-bond acceptors (Lipinski definition) is 7. The average molecular weight is 432 g/mol. The van der Waals surface area contributed by atoms with Crippen molar-refractivity contribution in [2.75, 3.05) is 11.5 Å². The molecule has 0 fully saturated rings. The molecule has 0 aliphatic carbocycles. The number of aryl methyl sites for hydroxylation is 1. The molecule has 3 rings (SSSR count). The lowest BCUT2D eigenvalue weighted by Gasteiger charge is -2.12. The molecule has 150 valence electrons. The summed E-state index contributed by atoms with van der Waals surface area (Å²) in [7, 11) is 0. The summed E-state index contributed by atoms with van der Waals surface area (Å²) < 4.78 is 4.94. The average Bonchev–Trinajstić information content (AvgIpc) is 3.26. The van der Waals surface area contributed by atoms with Crippen molar-refractivity contribution in [1.82, 2.24) is 20.8 Å². The number of benzene rings is 1. The van der Waals surface area contributed by atoms with Crippen LogP contribution in [0.1, 0.15) is 23.2 Å². The molecule has 2 amide bonds. The fourth-order valence-corrected chi connectivity index (χ4v) is 3.31. The monoisotopic (exact) mass is 431 g/mol. The van der Waals surface area contributed by atoms with Gasteiger partial charge in [-0.05, 0) is 36.2 Å². The van der Waals surface area contributed by atoms with Gasteiger partial charge in [-0.1, -0.05) is 42.4 Å². The molecule has 10 heteroatoms. The van der Waals surface area contributed by atoms with Gasteiger partial charge in [0.15, 0.2) is 10.9 Å². The van der Waals surface area contributed by atoms with Gasteiger partial charge in [-0.2, -0.15) is 0 Å². The minimum absolute atomic E-state index is 0.00131. The number of anilines is 1. The smallest absolute Gasteiger partial charge is 0.305 e. The number of aromatic nitrogens is 2. The lowest BCUT2D eigenvalue weighted by molar-refractivity contribution is -0.119. The molecule has 0 bridgehead atoms. The third kappa shape index (κ3) is 5.27. The van der Waals surface area contributed by atoms with Gasteiger partial charge in [0.05, 0.1) is 17.7 Å². The molecule has 3 aromatic rings. The van der Waals surface area contributed by atoms with Crippen LogP contribution in [0.2, 0.25) is 5.02 Å². The Hall–Kier alpha value is -3.04. The predicted molar refractivity (Wildman–Crippen MR) is 111 cm³/mol. The van der Waals surface area contributed by atoms with E-state index in [0.29, 0.717) is 22.4 Å². The number of halogens is 1. The number of thioether (sulfide) groups is 1. The highest BCUT2D eigenvalue weighted by Gasteiger charge is 2.15. The molecule has 2 aromatic heterocycles. The number of amides is 2. The molecule has 4 N–H and O–H groups in total. The van der Waals surface area contributed by atoms with E-state index < -0.39 is 11.8 Å². The van der Waals surface area contributed by atoms with E-state index in [1.165, 1.54) is 12.3 Å². The molecule has 8 nitrogen and oxygen atoms in total. The van der Waals surface area contributed by atoms with E-state index >= 15 is 0 Å². The summed E-state index contributed by atoms with van der Waals surface area (Å²) in [5.41, 5.74) is 13.1. The van der Waals surface area contributed by atoms with Crippen molar-refractivity contribution < 1.29 is 14.0 Å². The molecule has 0 atom stereocenters. The van der Waals surface area contributed by atoms with E-state index in [-0.39, 0.29) is 11.5 Å². The van der Waals surface area contributed by atoms with Crippen LogP contribution in [-0.2, 0) is 11.2 Å². The molecule has 0 saturated heterocycles. The second-order valence-corrected chi connectivity index (χ2v) is 7.22. The number of furan rings is 1. The second kappa shape index (κ2) is 9.44. The highest BCUT2D eigenvalue weighted by molar-refractivity contribution is 7.99. The minimum Gasteiger partial charge on any atom is -0.459 e. The number of nitrogens with zero attached hydrogens (tertiary/aromatic N) is 2. The zero-order valence-corrected chi connectivity index (χ0v) is 17.0. The first kappa shape index (κ1) is 20.7. The molecule has 0 spiro atoms. The molecule has 2 heterocycles. The number of nitrogen functional groups attached to an aromatic ring is 1. The van der Waals surface area contributed by atoms with E-state index in [9.17, 15) is 9.59 Å². The van der Waals surface area contributed by atoms with Crippen LogP contribution in [-0.4, -0.2) is 27.5 Å². The SMILES string of the molecule is CCc1nc(SCC(=O)NNC(=O)c2ccco2)nc(N)c1-c1ccc(Cl)cc1. The quantitative estimate of drug-likeness (QED) is 0.311. The Labute approximate surface area is 176 Å². The van der Waals surface area contributed by atoms with Crippen LogP contribution in [0.25, 0.3) is 11.1 Å². The molecule has 0 saturated carbocycles. The molecule has 0 radical (unpaired) electrons. The Morgan fingerprint density at radius 1 is 1.17 bits per heavy atom. The predicted octanol–water partition coefficient (Wildman–Crippen LogP) is 3.09. The summed E-state index contributed by atoms with van der Waals surface area (Å²) in [4.78, 5) is 32.5. The van der Waals surface area contributed by atoms with Crippen molar-refractivity contribution >= 4 is 41.0 Å². The normalized spacial score (nSPS) is 10.6. The first-order chi connectivity index (χ1) is 14.0. The van der Waals surface area contributed by atoms with Crippen molar-refractivity contribution in [2.45, 2.75) is 18.5 Å². The number of nitrogens with one attached hydrogen (secondary N) is 2. The topological polar surface area (TPSA) is 123 Å². The third-order valence-electron chi connectivity index (χ3n) is 3.85. The highest BCUT2D eigenvalue weighted by Crippen LogP contribution is 2.30. The van der Waals surface area contributed by atoms with Gasteiger partial charge in [-0.25, -0.2) is 9.97 Å². The van der Waals surface area contributed by atoms with Crippen molar-refractivity contribution in [3.8, 4) is 11.1 Å². The number of carbonyl (C=O) groups excluding carboxylic acids is 2. The van der Waals surface area contributed by atoms with Crippen LogP contribution in [0.4, 0.5) is 5.82 Å². The largest absolute Gasteiger partial charge is 0.459 e. The van der Waals surface area contributed by atoms with Crippen LogP contribution in [0.5, 0.6) is 0 Å². The number of hydrogen-bond donors (Lipinski definition) is 3. The molecular weight excluding hydrogens is 414 g/mol. The van der Waals surface area contributed by atoms with Crippen molar-refractivity contribution in [3.05, 3.63) is 59.1 Å². The lowest BCUT2D eigenvalue weighted by Crippen LogP contribution is -2.42. The van der Waals surface area contributed by atoms with Crippen LogP contribution in [0.3, 0.4) is 0 Å². The van der Waals surface area contributed by atoms with Crippen LogP contribution < -0.4 is 16.6 Å². The van der Waals surface area contributed by atoms with E-state index in [0.717, 1.165) is 28.6 Å². The van der Waals surface area contributed by atoms with Crippen LogP contribution in [0, 0.1) is 0 Å². The van der Waals surface area contributed by atoms with Crippen LogP contribution >= 0.6 is 23.4 Å².